The molecule has 1 fully saturated rings. The lowest BCUT2D eigenvalue weighted by molar-refractivity contribution is -0.115. The number of allylic oxidation sites excluding steroid dienone is 2. The fourth-order valence-electron chi connectivity index (χ4n) is 3.32. The molecule has 1 aliphatic rings. The molecule has 1 saturated carbocycles. The Morgan fingerprint density at radius 1 is 0.629 bits per heavy atom. The van der Waals surface area contributed by atoms with Crippen molar-refractivity contribution in [1.29, 1.82) is 0 Å². The molecule has 2 aromatic carbocycles. The first-order chi connectivity index (χ1) is 16.5. The Morgan fingerprint density at radius 3 is 1.43 bits per heavy atom. The maximum absolute atomic E-state index is 14.4. The van der Waals surface area contributed by atoms with Crippen LogP contribution in [0.15, 0.2) is 21.4 Å². The van der Waals surface area contributed by atoms with Crippen molar-refractivity contribution in [3.63, 3.8) is 0 Å². The summed E-state index contributed by atoms with van der Waals surface area (Å²) in [4.78, 5) is 16.5. The third-order valence-corrected chi connectivity index (χ3v) is 4.94. The summed E-state index contributed by atoms with van der Waals surface area (Å²) in [5, 5.41) is 5.06. The van der Waals surface area contributed by atoms with Gasteiger partial charge in [-0.1, -0.05) is 10.2 Å². The zero-order valence-corrected chi connectivity index (χ0v) is 16.9. The van der Waals surface area contributed by atoms with Gasteiger partial charge in [-0.2, -0.15) is 0 Å². The van der Waals surface area contributed by atoms with E-state index in [1.165, 1.54) is 0 Å². The van der Waals surface area contributed by atoms with E-state index in [0.717, 1.165) is 0 Å². The predicted molar refractivity (Wildman–Crippen MR) is 105 cm³/mol. The maximum Gasteiger partial charge on any atom is 0.172 e. The minimum absolute atomic E-state index is 0.0521. The van der Waals surface area contributed by atoms with Crippen molar-refractivity contribution in [3.8, 4) is 0 Å². The van der Waals surface area contributed by atoms with Crippen LogP contribution in [0.25, 0.3) is 33.0 Å². The summed E-state index contributed by atoms with van der Waals surface area (Å²) in [6, 6.07) is 0. The molecule has 0 unspecified atom stereocenters. The van der Waals surface area contributed by atoms with Crippen LogP contribution in [0.3, 0.4) is 0 Å². The Kier molecular flexibility index (Phi) is 7.13. The number of carbonyl (C=O) groups is 1. The van der Waals surface area contributed by atoms with E-state index in [1.807, 2.05) is 4.91 Å². The Labute approximate surface area is 189 Å². The molecule has 15 heteroatoms. The SMILES string of the molecule is [N-]=[N+]=Nc1c(F)c(F)c(C=C2CCCC(=O)C2=Cc2c(F)c(F)c(N=[N+]=[N-])c(F)c2F)c(F)c1F. The molecule has 0 saturated heterocycles. The highest BCUT2D eigenvalue weighted by atomic mass is 19.2. The molecule has 180 valence electrons. The number of benzene rings is 2. The molecule has 0 atom stereocenters. The molecule has 0 aromatic heterocycles. The number of carbonyl (C=O) groups excluding carboxylic acids is 1. The number of hydrogen-bond acceptors (Lipinski definition) is 3. The van der Waals surface area contributed by atoms with Crippen molar-refractivity contribution in [1.82, 2.24) is 0 Å². The largest absolute Gasteiger partial charge is 0.294 e. The molecule has 0 radical (unpaired) electrons. The van der Waals surface area contributed by atoms with Crippen LogP contribution in [-0.2, 0) is 4.79 Å². The lowest BCUT2D eigenvalue weighted by Gasteiger charge is -2.18. The molecule has 0 amide bonds. The Morgan fingerprint density at radius 2 is 1.03 bits per heavy atom. The molecule has 0 N–H and O–H groups in total. The smallest absolute Gasteiger partial charge is 0.172 e. The quantitative estimate of drug-likeness (QED) is 0.104. The fraction of sp³-hybridized carbons (Fsp3) is 0.150. The number of ketones is 1. The number of azide groups is 2. The van der Waals surface area contributed by atoms with Crippen molar-refractivity contribution in [2.75, 3.05) is 0 Å². The standard InChI is InChI=1S/C20H8F8N6O/c21-11-8(12(22)16(26)19(15(11)25)31-33-29)4-6-2-1-3-10(35)7(6)5-9-13(23)17(27)20(32-34-30)18(28)14(9)24/h4-5H,1-3H2. The molecule has 1 aliphatic carbocycles. The average molecular weight is 500 g/mol. The van der Waals surface area contributed by atoms with Crippen molar-refractivity contribution < 1.29 is 39.9 Å². The summed E-state index contributed by atoms with van der Waals surface area (Å²) >= 11 is 0. The Hall–Kier alpha value is -4.35. The van der Waals surface area contributed by atoms with E-state index in [2.05, 4.69) is 15.1 Å². The lowest BCUT2D eigenvalue weighted by Crippen LogP contribution is -2.13. The minimum Gasteiger partial charge on any atom is -0.294 e. The molecule has 0 heterocycles. The van der Waals surface area contributed by atoms with Gasteiger partial charge in [0, 0.05) is 21.8 Å². The highest BCUT2D eigenvalue weighted by Gasteiger charge is 2.29. The zero-order chi connectivity index (χ0) is 26.0. The lowest BCUT2D eigenvalue weighted by atomic mass is 9.85. The van der Waals surface area contributed by atoms with Gasteiger partial charge in [-0.3, -0.25) is 4.79 Å². The van der Waals surface area contributed by atoms with Crippen LogP contribution >= 0.6 is 0 Å². The van der Waals surface area contributed by atoms with Crippen molar-refractivity contribution in [3.05, 3.63) is 89.7 Å². The molecular formula is C20H8F8N6O. The van der Waals surface area contributed by atoms with Crippen LogP contribution in [0.2, 0.25) is 0 Å². The van der Waals surface area contributed by atoms with E-state index < -0.39 is 80.4 Å². The van der Waals surface area contributed by atoms with Gasteiger partial charge in [0.2, 0.25) is 0 Å². The maximum atomic E-state index is 14.4. The van der Waals surface area contributed by atoms with Gasteiger partial charge >= 0.3 is 0 Å². The molecule has 7 nitrogen and oxygen atoms in total. The van der Waals surface area contributed by atoms with Gasteiger partial charge in [0.25, 0.3) is 0 Å². The van der Waals surface area contributed by atoms with Crippen molar-refractivity contribution >= 4 is 29.3 Å². The minimum atomic E-state index is -2.07. The highest BCUT2D eigenvalue weighted by molar-refractivity contribution is 6.06. The first-order valence-corrected chi connectivity index (χ1v) is 9.33. The molecule has 0 bridgehead atoms. The molecule has 3 rings (SSSR count). The van der Waals surface area contributed by atoms with Gasteiger partial charge in [0.1, 0.15) is 11.4 Å². The summed E-state index contributed by atoms with van der Waals surface area (Å²) in [6.45, 7) is 0. The second kappa shape index (κ2) is 9.87. The normalized spacial score (nSPS) is 15.8. The van der Waals surface area contributed by atoms with Crippen LogP contribution in [0, 0.1) is 46.5 Å². The third-order valence-electron chi connectivity index (χ3n) is 4.94. The van der Waals surface area contributed by atoms with Gasteiger partial charge in [-0.15, -0.1) is 0 Å². The Balaban J connectivity index is 2.28. The third kappa shape index (κ3) is 4.42. The number of nitrogens with zero attached hydrogens (tertiary/aromatic N) is 6. The molecule has 0 aliphatic heterocycles. The second-order valence-electron chi connectivity index (χ2n) is 6.92. The molecular weight excluding hydrogens is 492 g/mol. The van der Waals surface area contributed by atoms with E-state index >= 15 is 0 Å². The van der Waals surface area contributed by atoms with Gasteiger partial charge in [-0.05, 0) is 41.6 Å². The summed E-state index contributed by atoms with van der Waals surface area (Å²) in [5.41, 5.74) is 9.63. The number of rotatable bonds is 4. The van der Waals surface area contributed by atoms with E-state index in [4.69, 9.17) is 11.1 Å². The predicted octanol–water partition coefficient (Wildman–Crippen LogP) is 7.90. The van der Waals surface area contributed by atoms with Crippen molar-refractivity contribution in [2.24, 2.45) is 10.2 Å². The van der Waals surface area contributed by atoms with Gasteiger partial charge in [0.15, 0.2) is 52.3 Å². The summed E-state index contributed by atoms with van der Waals surface area (Å²) in [7, 11) is 0. The fourth-order valence-corrected chi connectivity index (χ4v) is 3.32. The summed E-state index contributed by atoms with van der Waals surface area (Å²) in [5.74, 6) is -17.2. The van der Waals surface area contributed by atoms with Gasteiger partial charge in [-0.25, -0.2) is 35.1 Å². The van der Waals surface area contributed by atoms with E-state index in [-0.39, 0.29) is 24.8 Å². The monoisotopic (exact) mass is 500 g/mol. The van der Waals surface area contributed by atoms with E-state index in [1.54, 1.807) is 0 Å². The average Bonchev–Trinajstić information content (AvgIpc) is 2.83. The zero-order valence-electron chi connectivity index (χ0n) is 16.9. The number of halogens is 8. The van der Waals surface area contributed by atoms with E-state index in [9.17, 15) is 39.9 Å². The topological polar surface area (TPSA) is 115 Å². The number of Topliss-reactive ketones (excluding diaryl/α,β-unsaturated/α-hetero) is 1. The molecule has 35 heavy (non-hydrogen) atoms. The molecule has 0 spiro atoms. The summed E-state index contributed by atoms with van der Waals surface area (Å²) in [6.07, 6.45) is 0.467. The van der Waals surface area contributed by atoms with Crippen LogP contribution in [0.1, 0.15) is 30.4 Å². The van der Waals surface area contributed by atoms with Crippen LogP contribution in [0.5, 0.6) is 0 Å². The number of hydrogen-bond donors (Lipinski definition) is 0. The van der Waals surface area contributed by atoms with Gasteiger partial charge < -0.3 is 0 Å². The molecule has 2 aromatic rings. The van der Waals surface area contributed by atoms with Crippen LogP contribution in [-0.4, -0.2) is 5.78 Å². The van der Waals surface area contributed by atoms with Gasteiger partial charge in [0.05, 0.1) is 11.1 Å². The first-order valence-electron chi connectivity index (χ1n) is 9.33. The van der Waals surface area contributed by atoms with Crippen molar-refractivity contribution in [2.45, 2.75) is 19.3 Å². The van der Waals surface area contributed by atoms with Crippen LogP contribution in [0.4, 0.5) is 46.5 Å². The summed E-state index contributed by atoms with van der Waals surface area (Å²) < 4.78 is 114. The highest BCUT2D eigenvalue weighted by Crippen LogP contribution is 2.37. The van der Waals surface area contributed by atoms with E-state index in [0.29, 0.717) is 12.2 Å². The van der Waals surface area contributed by atoms with Crippen LogP contribution < -0.4 is 0 Å². The second-order valence-corrected chi connectivity index (χ2v) is 6.92. The first kappa shape index (κ1) is 25.3. The Bertz CT molecular complexity index is 1380.